The minimum Gasteiger partial charge on any atom is -0.481 e. The van der Waals surface area contributed by atoms with Gasteiger partial charge < -0.3 is 5.11 Å². The lowest BCUT2D eigenvalue weighted by atomic mass is 10.0. The van der Waals surface area contributed by atoms with Crippen molar-refractivity contribution in [3.63, 3.8) is 0 Å². The lowest BCUT2D eigenvalue weighted by Gasteiger charge is -2.13. The van der Waals surface area contributed by atoms with Gasteiger partial charge in [-0.15, -0.1) is 0 Å². The van der Waals surface area contributed by atoms with Crippen LogP contribution in [0, 0.1) is 5.92 Å². The van der Waals surface area contributed by atoms with Gasteiger partial charge in [-0.05, 0) is 18.1 Å². The van der Waals surface area contributed by atoms with Gasteiger partial charge in [0.2, 0.25) is 10.0 Å². The molecule has 1 rings (SSSR count). The molecule has 1 aromatic rings. The first-order chi connectivity index (χ1) is 8.45. The fourth-order valence-electron chi connectivity index (χ4n) is 1.52. The lowest BCUT2D eigenvalue weighted by Crippen LogP contribution is -2.30. The molecular formula is C12H17NO4S. The third kappa shape index (κ3) is 4.46. The number of rotatable bonds is 7. The molecule has 5 nitrogen and oxygen atoms in total. The molecule has 0 saturated carbocycles. The van der Waals surface area contributed by atoms with Crippen LogP contribution >= 0.6 is 0 Å². The highest BCUT2D eigenvalue weighted by molar-refractivity contribution is 7.89. The van der Waals surface area contributed by atoms with E-state index in [1.54, 1.807) is 18.2 Å². The molecule has 0 amide bonds. The lowest BCUT2D eigenvalue weighted by molar-refractivity contribution is -0.138. The summed E-state index contributed by atoms with van der Waals surface area (Å²) in [5, 5.41) is 8.68. The fraction of sp³-hybridized carbons (Fsp3) is 0.417. The summed E-state index contributed by atoms with van der Waals surface area (Å²) in [7, 11) is -3.54. The molecule has 1 atom stereocenters. The summed E-state index contributed by atoms with van der Waals surface area (Å²) in [5.74, 6) is -1.11. The van der Waals surface area contributed by atoms with Crippen molar-refractivity contribution in [3.05, 3.63) is 30.3 Å². The number of sulfonamides is 1. The van der Waals surface area contributed by atoms with Gasteiger partial charge in [0.1, 0.15) is 0 Å². The number of carboxylic acids is 1. The third-order valence-corrected chi connectivity index (χ3v) is 4.10. The quantitative estimate of drug-likeness (QED) is 0.786. The highest BCUT2D eigenvalue weighted by atomic mass is 32.2. The van der Waals surface area contributed by atoms with E-state index in [0.717, 1.165) is 0 Å². The Hall–Kier alpha value is -1.40. The Morgan fingerprint density at radius 2 is 1.94 bits per heavy atom. The van der Waals surface area contributed by atoms with E-state index in [1.807, 2.05) is 6.92 Å². The average Bonchev–Trinajstić information content (AvgIpc) is 2.35. The first-order valence-electron chi connectivity index (χ1n) is 5.72. The van der Waals surface area contributed by atoms with Crippen LogP contribution in [-0.4, -0.2) is 26.0 Å². The number of benzene rings is 1. The van der Waals surface area contributed by atoms with Crippen LogP contribution in [0.1, 0.15) is 19.8 Å². The Morgan fingerprint density at radius 3 is 2.44 bits per heavy atom. The van der Waals surface area contributed by atoms with Gasteiger partial charge in [0.05, 0.1) is 4.90 Å². The summed E-state index contributed by atoms with van der Waals surface area (Å²) in [6.45, 7) is 1.98. The smallest absolute Gasteiger partial charge is 0.303 e. The van der Waals surface area contributed by atoms with Gasteiger partial charge in [-0.2, -0.15) is 0 Å². The maximum atomic E-state index is 11.9. The normalized spacial score (nSPS) is 13.2. The molecule has 100 valence electrons. The molecule has 6 heteroatoms. The molecule has 0 aliphatic heterocycles. The molecule has 0 aliphatic carbocycles. The van der Waals surface area contributed by atoms with Gasteiger partial charge in [0, 0.05) is 13.0 Å². The predicted octanol–water partition coefficient (Wildman–Crippen LogP) is 1.47. The largest absolute Gasteiger partial charge is 0.481 e. The summed E-state index contributed by atoms with van der Waals surface area (Å²) in [6, 6.07) is 8.02. The van der Waals surface area contributed by atoms with Crippen LogP contribution in [0.5, 0.6) is 0 Å². The Balaban J connectivity index is 2.64. The summed E-state index contributed by atoms with van der Waals surface area (Å²) in [4.78, 5) is 10.8. The molecule has 0 bridgehead atoms. The number of hydrogen-bond donors (Lipinski definition) is 2. The third-order valence-electron chi connectivity index (χ3n) is 2.66. The molecule has 18 heavy (non-hydrogen) atoms. The maximum Gasteiger partial charge on any atom is 0.303 e. The summed E-state index contributed by atoms with van der Waals surface area (Å²) in [5.41, 5.74) is 0. The van der Waals surface area contributed by atoms with Crippen LogP contribution in [0.15, 0.2) is 35.2 Å². The Labute approximate surface area is 107 Å². The summed E-state index contributed by atoms with van der Waals surface area (Å²) < 4.78 is 26.2. The zero-order valence-electron chi connectivity index (χ0n) is 10.2. The molecule has 0 aliphatic rings. The van der Waals surface area contributed by atoms with E-state index < -0.39 is 16.0 Å². The van der Waals surface area contributed by atoms with Crippen LogP contribution in [0.4, 0.5) is 0 Å². The first-order valence-corrected chi connectivity index (χ1v) is 7.20. The SMILES string of the molecule is CCC(CNS(=O)(=O)c1ccccc1)CC(=O)O. The molecule has 2 N–H and O–H groups in total. The van der Waals surface area contributed by atoms with Crippen LogP contribution in [0.2, 0.25) is 0 Å². The van der Waals surface area contributed by atoms with Crippen molar-refractivity contribution < 1.29 is 18.3 Å². The van der Waals surface area contributed by atoms with Gasteiger partial charge in [0.25, 0.3) is 0 Å². The average molecular weight is 271 g/mol. The van der Waals surface area contributed by atoms with E-state index in [4.69, 9.17) is 5.11 Å². The summed E-state index contributed by atoms with van der Waals surface area (Å²) >= 11 is 0. The molecule has 0 radical (unpaired) electrons. The monoisotopic (exact) mass is 271 g/mol. The molecule has 0 heterocycles. The van der Waals surface area contributed by atoms with Crippen LogP contribution in [0.25, 0.3) is 0 Å². The zero-order chi connectivity index (χ0) is 13.6. The molecule has 0 saturated heterocycles. The number of hydrogen-bond acceptors (Lipinski definition) is 3. The minimum absolute atomic E-state index is 0.0339. The zero-order valence-corrected chi connectivity index (χ0v) is 11.0. The topological polar surface area (TPSA) is 83.5 Å². The van der Waals surface area contributed by atoms with Gasteiger partial charge in [0.15, 0.2) is 0 Å². The van der Waals surface area contributed by atoms with E-state index >= 15 is 0 Å². The number of nitrogens with one attached hydrogen (secondary N) is 1. The van der Waals surface area contributed by atoms with E-state index in [9.17, 15) is 13.2 Å². The molecule has 0 spiro atoms. The number of aliphatic carboxylic acids is 1. The van der Waals surface area contributed by atoms with Gasteiger partial charge >= 0.3 is 5.97 Å². The van der Waals surface area contributed by atoms with Crippen molar-refractivity contribution in [2.24, 2.45) is 5.92 Å². The number of carbonyl (C=O) groups is 1. The highest BCUT2D eigenvalue weighted by Crippen LogP contribution is 2.11. The number of carboxylic acid groups (broad SMARTS) is 1. The second-order valence-corrected chi connectivity index (χ2v) is 5.80. The van der Waals surface area contributed by atoms with E-state index in [1.165, 1.54) is 12.1 Å². The van der Waals surface area contributed by atoms with Gasteiger partial charge in [-0.25, -0.2) is 13.1 Å². The van der Waals surface area contributed by atoms with E-state index in [2.05, 4.69) is 4.72 Å². The maximum absolute atomic E-state index is 11.9. The molecule has 1 unspecified atom stereocenters. The Kier molecular flexibility index (Phi) is 5.30. The molecule has 0 aromatic heterocycles. The van der Waals surface area contributed by atoms with Crippen molar-refractivity contribution >= 4 is 16.0 Å². The van der Waals surface area contributed by atoms with Gasteiger partial charge in [-0.1, -0.05) is 31.5 Å². The minimum atomic E-state index is -3.54. The van der Waals surface area contributed by atoms with Crippen molar-refractivity contribution in [2.75, 3.05) is 6.54 Å². The molecular weight excluding hydrogens is 254 g/mol. The summed E-state index contributed by atoms with van der Waals surface area (Å²) in [6.07, 6.45) is 0.581. The van der Waals surface area contributed by atoms with Crippen molar-refractivity contribution in [1.29, 1.82) is 0 Å². The molecule has 1 aromatic carbocycles. The van der Waals surface area contributed by atoms with E-state index in [-0.39, 0.29) is 23.8 Å². The second-order valence-electron chi connectivity index (χ2n) is 4.04. The molecule has 0 fully saturated rings. The highest BCUT2D eigenvalue weighted by Gasteiger charge is 2.17. The fourth-order valence-corrected chi connectivity index (χ4v) is 2.66. The van der Waals surface area contributed by atoms with E-state index in [0.29, 0.717) is 6.42 Å². The first kappa shape index (κ1) is 14.7. The predicted molar refractivity (Wildman–Crippen MR) is 67.7 cm³/mol. The van der Waals surface area contributed by atoms with Crippen LogP contribution in [0.3, 0.4) is 0 Å². The van der Waals surface area contributed by atoms with Crippen molar-refractivity contribution in [2.45, 2.75) is 24.7 Å². The van der Waals surface area contributed by atoms with Crippen molar-refractivity contribution in [3.8, 4) is 0 Å². The van der Waals surface area contributed by atoms with Crippen molar-refractivity contribution in [1.82, 2.24) is 4.72 Å². The standard InChI is InChI=1S/C12H17NO4S/c1-2-10(8-12(14)15)9-13-18(16,17)11-6-4-3-5-7-11/h3-7,10,13H,2,8-9H2,1H3,(H,14,15). The van der Waals surface area contributed by atoms with Gasteiger partial charge in [-0.3, -0.25) is 4.79 Å². The Bertz CT molecular complexity index is 484. The van der Waals surface area contributed by atoms with Crippen LogP contribution in [-0.2, 0) is 14.8 Å². The second kappa shape index (κ2) is 6.51. The Morgan fingerprint density at radius 1 is 1.33 bits per heavy atom. The van der Waals surface area contributed by atoms with Crippen LogP contribution < -0.4 is 4.72 Å².